The average Bonchev–Trinajstić information content (AvgIpc) is 2.61. The van der Waals surface area contributed by atoms with Crippen LogP contribution < -0.4 is 10.2 Å². The Bertz CT molecular complexity index is 627. The molecule has 0 bridgehead atoms. The number of pyridine rings is 2. The standard InChI is InChI=1S/C16H18N4O2/c21-16(13-4-6-17-7-5-13)18-12-14-2-1-3-15(19-14)20-8-10-22-11-9-20/h1-7H,8-12H2,(H,18,21). The number of ether oxygens (including phenoxy) is 1. The molecule has 2 aromatic rings. The van der Waals surface area contributed by atoms with E-state index in [1.54, 1.807) is 24.5 Å². The molecule has 6 heteroatoms. The summed E-state index contributed by atoms with van der Waals surface area (Å²) in [7, 11) is 0. The van der Waals surface area contributed by atoms with E-state index in [-0.39, 0.29) is 5.91 Å². The van der Waals surface area contributed by atoms with Crippen molar-refractivity contribution < 1.29 is 9.53 Å². The summed E-state index contributed by atoms with van der Waals surface area (Å²) < 4.78 is 5.35. The summed E-state index contributed by atoms with van der Waals surface area (Å²) in [5.41, 5.74) is 1.44. The van der Waals surface area contributed by atoms with Crippen molar-refractivity contribution in [2.24, 2.45) is 0 Å². The Morgan fingerprint density at radius 2 is 1.95 bits per heavy atom. The molecular weight excluding hydrogens is 280 g/mol. The third kappa shape index (κ3) is 3.59. The summed E-state index contributed by atoms with van der Waals surface area (Å²) in [6.45, 7) is 3.55. The van der Waals surface area contributed by atoms with Crippen molar-refractivity contribution in [2.45, 2.75) is 6.54 Å². The Morgan fingerprint density at radius 3 is 2.73 bits per heavy atom. The van der Waals surface area contributed by atoms with E-state index in [9.17, 15) is 4.79 Å². The van der Waals surface area contributed by atoms with Gasteiger partial charge in [-0.3, -0.25) is 9.78 Å². The van der Waals surface area contributed by atoms with Gasteiger partial charge in [0.05, 0.1) is 25.5 Å². The molecule has 1 N–H and O–H groups in total. The van der Waals surface area contributed by atoms with Crippen molar-refractivity contribution in [2.75, 3.05) is 31.2 Å². The second kappa shape index (κ2) is 7.00. The molecule has 0 aromatic carbocycles. The second-order valence-electron chi connectivity index (χ2n) is 5.01. The van der Waals surface area contributed by atoms with Crippen LogP contribution in [0.1, 0.15) is 16.1 Å². The molecule has 1 fully saturated rings. The van der Waals surface area contributed by atoms with E-state index < -0.39 is 0 Å². The van der Waals surface area contributed by atoms with Crippen LogP contribution in [0.3, 0.4) is 0 Å². The van der Waals surface area contributed by atoms with Gasteiger partial charge in [-0.2, -0.15) is 0 Å². The lowest BCUT2D eigenvalue weighted by Crippen LogP contribution is -2.37. The fourth-order valence-electron chi connectivity index (χ4n) is 2.31. The average molecular weight is 298 g/mol. The molecule has 0 saturated carbocycles. The predicted molar refractivity (Wildman–Crippen MR) is 82.7 cm³/mol. The molecule has 2 aromatic heterocycles. The first-order valence-corrected chi connectivity index (χ1v) is 7.30. The van der Waals surface area contributed by atoms with E-state index in [0.717, 1.165) is 37.8 Å². The minimum atomic E-state index is -0.124. The fourth-order valence-corrected chi connectivity index (χ4v) is 2.31. The summed E-state index contributed by atoms with van der Waals surface area (Å²) in [6, 6.07) is 9.24. The zero-order valence-electron chi connectivity index (χ0n) is 12.2. The van der Waals surface area contributed by atoms with Crippen LogP contribution >= 0.6 is 0 Å². The molecular formula is C16H18N4O2. The van der Waals surface area contributed by atoms with E-state index in [0.29, 0.717) is 12.1 Å². The summed E-state index contributed by atoms with van der Waals surface area (Å²) >= 11 is 0. The smallest absolute Gasteiger partial charge is 0.251 e. The van der Waals surface area contributed by atoms with E-state index in [2.05, 4.69) is 20.2 Å². The predicted octanol–water partition coefficient (Wildman–Crippen LogP) is 1.24. The van der Waals surface area contributed by atoms with Gasteiger partial charge < -0.3 is 15.0 Å². The number of nitrogens with one attached hydrogen (secondary N) is 1. The van der Waals surface area contributed by atoms with E-state index in [1.807, 2.05) is 18.2 Å². The first-order chi connectivity index (χ1) is 10.8. The largest absolute Gasteiger partial charge is 0.378 e. The molecule has 0 atom stereocenters. The van der Waals surface area contributed by atoms with Crippen LogP contribution in [0.5, 0.6) is 0 Å². The van der Waals surface area contributed by atoms with Gasteiger partial charge in [0, 0.05) is 31.0 Å². The van der Waals surface area contributed by atoms with Crippen LogP contribution in [0.25, 0.3) is 0 Å². The minimum absolute atomic E-state index is 0.124. The normalized spacial score (nSPS) is 14.6. The zero-order valence-corrected chi connectivity index (χ0v) is 12.2. The number of hydrogen-bond donors (Lipinski definition) is 1. The molecule has 0 spiro atoms. The maximum absolute atomic E-state index is 12.0. The molecule has 1 aliphatic heterocycles. The monoisotopic (exact) mass is 298 g/mol. The number of carbonyl (C=O) groups excluding carboxylic acids is 1. The van der Waals surface area contributed by atoms with Gasteiger partial charge in [0.1, 0.15) is 5.82 Å². The van der Waals surface area contributed by atoms with Crippen LogP contribution in [0, 0.1) is 0 Å². The van der Waals surface area contributed by atoms with Gasteiger partial charge in [-0.1, -0.05) is 6.07 Å². The van der Waals surface area contributed by atoms with Gasteiger partial charge in [-0.15, -0.1) is 0 Å². The van der Waals surface area contributed by atoms with Gasteiger partial charge in [0.25, 0.3) is 5.91 Å². The Morgan fingerprint density at radius 1 is 1.18 bits per heavy atom. The number of nitrogens with zero attached hydrogens (tertiary/aromatic N) is 3. The van der Waals surface area contributed by atoms with Crippen molar-refractivity contribution in [1.82, 2.24) is 15.3 Å². The zero-order chi connectivity index (χ0) is 15.2. The number of carbonyl (C=O) groups is 1. The van der Waals surface area contributed by atoms with Crippen molar-refractivity contribution in [3.63, 3.8) is 0 Å². The molecule has 114 valence electrons. The van der Waals surface area contributed by atoms with Gasteiger partial charge in [-0.05, 0) is 24.3 Å². The highest BCUT2D eigenvalue weighted by Crippen LogP contribution is 2.13. The third-order valence-electron chi connectivity index (χ3n) is 3.50. The number of amides is 1. The Kier molecular flexibility index (Phi) is 4.60. The maximum atomic E-state index is 12.0. The first-order valence-electron chi connectivity index (χ1n) is 7.30. The second-order valence-corrected chi connectivity index (χ2v) is 5.01. The van der Waals surface area contributed by atoms with Crippen molar-refractivity contribution in [3.05, 3.63) is 54.0 Å². The first kappa shape index (κ1) is 14.5. The number of anilines is 1. The lowest BCUT2D eigenvalue weighted by atomic mass is 10.2. The van der Waals surface area contributed by atoms with Crippen LogP contribution in [0.15, 0.2) is 42.7 Å². The maximum Gasteiger partial charge on any atom is 0.251 e. The molecule has 0 aliphatic carbocycles. The molecule has 0 unspecified atom stereocenters. The molecule has 1 aliphatic rings. The lowest BCUT2D eigenvalue weighted by Gasteiger charge is -2.28. The highest BCUT2D eigenvalue weighted by atomic mass is 16.5. The molecule has 1 amide bonds. The third-order valence-corrected chi connectivity index (χ3v) is 3.50. The Balaban J connectivity index is 1.62. The van der Waals surface area contributed by atoms with Crippen LogP contribution in [0.4, 0.5) is 5.82 Å². The van der Waals surface area contributed by atoms with Crippen molar-refractivity contribution in [3.8, 4) is 0 Å². The summed E-state index contributed by atoms with van der Waals surface area (Å²) in [6.07, 6.45) is 3.21. The number of hydrogen-bond acceptors (Lipinski definition) is 5. The van der Waals surface area contributed by atoms with Crippen LogP contribution in [-0.2, 0) is 11.3 Å². The number of rotatable bonds is 4. The lowest BCUT2D eigenvalue weighted by molar-refractivity contribution is 0.0950. The SMILES string of the molecule is O=C(NCc1cccc(N2CCOCC2)n1)c1ccncc1. The van der Waals surface area contributed by atoms with E-state index in [1.165, 1.54) is 0 Å². The summed E-state index contributed by atoms with van der Waals surface area (Å²) in [5, 5.41) is 2.87. The Labute approximate surface area is 129 Å². The molecule has 3 rings (SSSR count). The fraction of sp³-hybridized carbons (Fsp3) is 0.312. The quantitative estimate of drug-likeness (QED) is 0.920. The Hall–Kier alpha value is -2.47. The van der Waals surface area contributed by atoms with Crippen molar-refractivity contribution in [1.29, 1.82) is 0 Å². The van der Waals surface area contributed by atoms with Gasteiger partial charge in [-0.25, -0.2) is 4.98 Å². The molecule has 0 radical (unpaired) electrons. The van der Waals surface area contributed by atoms with Crippen LogP contribution in [0.2, 0.25) is 0 Å². The molecule has 6 nitrogen and oxygen atoms in total. The summed E-state index contributed by atoms with van der Waals surface area (Å²) in [4.78, 5) is 22.7. The molecule has 3 heterocycles. The number of aromatic nitrogens is 2. The summed E-state index contributed by atoms with van der Waals surface area (Å²) in [5.74, 6) is 0.805. The van der Waals surface area contributed by atoms with E-state index >= 15 is 0 Å². The number of morpholine rings is 1. The van der Waals surface area contributed by atoms with Gasteiger partial charge in [0.15, 0.2) is 0 Å². The minimum Gasteiger partial charge on any atom is -0.378 e. The van der Waals surface area contributed by atoms with E-state index in [4.69, 9.17) is 4.74 Å². The van der Waals surface area contributed by atoms with Crippen LogP contribution in [-0.4, -0.2) is 42.2 Å². The van der Waals surface area contributed by atoms with Crippen molar-refractivity contribution >= 4 is 11.7 Å². The highest BCUT2D eigenvalue weighted by molar-refractivity contribution is 5.93. The van der Waals surface area contributed by atoms with Gasteiger partial charge in [0.2, 0.25) is 0 Å². The highest BCUT2D eigenvalue weighted by Gasteiger charge is 2.12. The molecule has 1 saturated heterocycles. The molecule has 22 heavy (non-hydrogen) atoms. The van der Waals surface area contributed by atoms with Gasteiger partial charge >= 0.3 is 0 Å². The topological polar surface area (TPSA) is 67.4 Å².